The molecule has 6 heteroatoms. The quantitative estimate of drug-likeness (QED) is 0.150. The molecule has 5 heterocycles. The molecule has 0 fully saturated rings. The minimum atomic E-state index is 0.564. The first-order valence-electron chi connectivity index (χ1n) is 31.1. The van der Waals surface area contributed by atoms with Crippen molar-refractivity contribution in [1.29, 1.82) is 5.26 Å². The van der Waals surface area contributed by atoms with Crippen LogP contribution in [0.4, 0.5) is 0 Å². The fourth-order valence-corrected chi connectivity index (χ4v) is 15.4. The van der Waals surface area contributed by atoms with E-state index in [2.05, 4.69) is 344 Å². The second-order valence-corrected chi connectivity index (χ2v) is 23.8. The molecule has 0 amide bonds. The van der Waals surface area contributed by atoms with Gasteiger partial charge in [0.15, 0.2) is 0 Å². The van der Waals surface area contributed by atoms with Crippen molar-refractivity contribution in [3.8, 4) is 67.9 Å². The van der Waals surface area contributed by atoms with Crippen molar-refractivity contribution in [3.05, 3.63) is 321 Å². The van der Waals surface area contributed by atoms with Crippen molar-refractivity contribution in [2.75, 3.05) is 0 Å². The largest absolute Gasteiger partial charge is 0.309 e. The third-order valence-corrected chi connectivity index (χ3v) is 19.1. The first-order valence-corrected chi connectivity index (χ1v) is 31.1. The zero-order valence-corrected chi connectivity index (χ0v) is 49.2. The third-order valence-electron chi connectivity index (χ3n) is 19.1. The Balaban J connectivity index is 0.984. The molecule has 14 aromatic carbocycles. The number of fused-ring (bicyclic) bond motifs is 15. The number of para-hydroxylation sites is 10. The molecule has 0 N–H and O–H groups in total. The van der Waals surface area contributed by atoms with Crippen LogP contribution in [0.25, 0.3) is 171 Å². The minimum Gasteiger partial charge on any atom is -0.309 e. The van der Waals surface area contributed by atoms with Gasteiger partial charge in [0.1, 0.15) is 6.07 Å². The van der Waals surface area contributed by atoms with Crippen LogP contribution >= 0.6 is 0 Å². The van der Waals surface area contributed by atoms with Gasteiger partial charge in [0.25, 0.3) is 0 Å². The van der Waals surface area contributed by atoms with Crippen LogP contribution in [-0.2, 0) is 0 Å². The maximum absolute atomic E-state index is 12.8. The molecule has 422 valence electrons. The maximum atomic E-state index is 12.8. The number of nitrogens with zero attached hydrogens (tertiary/aromatic N) is 6. The topological polar surface area (TPSA) is 48.4 Å². The summed E-state index contributed by atoms with van der Waals surface area (Å²) in [6, 6.07) is 117. The van der Waals surface area contributed by atoms with Gasteiger partial charge in [-0.15, -0.1) is 0 Å². The minimum absolute atomic E-state index is 0.564. The fraction of sp³-hybridized carbons (Fsp3) is 0. The van der Waals surface area contributed by atoms with E-state index in [-0.39, 0.29) is 0 Å². The highest BCUT2D eigenvalue weighted by molar-refractivity contribution is 6.17. The van der Waals surface area contributed by atoms with Crippen molar-refractivity contribution >= 4 is 109 Å². The highest BCUT2D eigenvalue weighted by Gasteiger charge is 2.33. The lowest BCUT2D eigenvalue weighted by molar-refractivity contribution is 1.13. The average Bonchev–Trinajstić information content (AvgIpc) is 1.75. The van der Waals surface area contributed by atoms with E-state index in [4.69, 9.17) is 0 Å². The molecule has 0 saturated heterocycles. The molecule has 0 aliphatic heterocycles. The molecule has 0 spiro atoms. The smallest absolute Gasteiger partial charge is 0.101 e. The van der Waals surface area contributed by atoms with Gasteiger partial charge < -0.3 is 22.8 Å². The lowest BCUT2D eigenvalue weighted by Crippen LogP contribution is -2.11. The maximum Gasteiger partial charge on any atom is 0.101 e. The molecule has 6 nitrogen and oxygen atoms in total. The van der Waals surface area contributed by atoms with Gasteiger partial charge in [0.2, 0.25) is 0 Å². The Hall–Kier alpha value is -12.4. The van der Waals surface area contributed by atoms with Crippen LogP contribution < -0.4 is 0 Å². The average molecular weight is 1160 g/mol. The Bertz CT molecular complexity index is 5690. The summed E-state index contributed by atoms with van der Waals surface area (Å²) >= 11 is 0. The van der Waals surface area contributed by atoms with Gasteiger partial charge >= 0.3 is 0 Å². The van der Waals surface area contributed by atoms with Gasteiger partial charge in [-0.1, -0.05) is 218 Å². The van der Waals surface area contributed by atoms with E-state index in [9.17, 15) is 5.26 Å². The number of nitriles is 1. The van der Waals surface area contributed by atoms with Crippen molar-refractivity contribution in [3.63, 3.8) is 0 Å². The summed E-state index contributed by atoms with van der Waals surface area (Å²) < 4.78 is 12.1. The van der Waals surface area contributed by atoms with E-state index in [1.54, 1.807) is 0 Å². The molecule has 0 bridgehead atoms. The molecule has 19 rings (SSSR count). The monoisotopic (exact) mass is 1160 g/mol. The predicted molar refractivity (Wildman–Crippen MR) is 379 cm³/mol. The Morgan fingerprint density at radius 2 is 0.363 bits per heavy atom. The summed E-state index contributed by atoms with van der Waals surface area (Å²) in [4.78, 5) is 0. The number of hydrogen-bond donors (Lipinski definition) is 0. The highest BCUT2D eigenvalue weighted by Crippen LogP contribution is 2.53. The third kappa shape index (κ3) is 7.35. The number of benzene rings is 14. The first-order chi connectivity index (χ1) is 45.2. The predicted octanol–water partition coefficient (Wildman–Crippen LogP) is 22.0. The lowest BCUT2D eigenvalue weighted by atomic mass is 9.83. The summed E-state index contributed by atoms with van der Waals surface area (Å²) in [5.41, 5.74) is 21.9. The van der Waals surface area contributed by atoms with Crippen molar-refractivity contribution in [1.82, 2.24) is 22.8 Å². The van der Waals surface area contributed by atoms with Crippen molar-refractivity contribution in [2.45, 2.75) is 0 Å². The summed E-state index contributed by atoms with van der Waals surface area (Å²) in [6.45, 7) is 0. The number of aromatic nitrogens is 5. The molecular weight excluding hydrogens is 1100 g/mol. The molecule has 5 aromatic heterocycles. The van der Waals surface area contributed by atoms with Gasteiger partial charge in [0.05, 0.1) is 72.1 Å². The van der Waals surface area contributed by atoms with Gasteiger partial charge in [-0.2, -0.15) is 5.26 Å². The zero-order chi connectivity index (χ0) is 59.8. The zero-order valence-electron chi connectivity index (χ0n) is 49.2. The van der Waals surface area contributed by atoms with Crippen LogP contribution in [0.15, 0.2) is 315 Å². The van der Waals surface area contributed by atoms with E-state index in [1.807, 2.05) is 0 Å². The molecule has 0 aliphatic rings. The van der Waals surface area contributed by atoms with Gasteiger partial charge in [-0.3, -0.25) is 0 Å². The number of hydrogen-bond acceptors (Lipinski definition) is 1. The first kappa shape index (κ1) is 50.7. The van der Waals surface area contributed by atoms with Crippen LogP contribution in [0.2, 0.25) is 0 Å². The van der Waals surface area contributed by atoms with E-state index < -0.39 is 0 Å². The Morgan fingerprint density at radius 3 is 0.560 bits per heavy atom. The molecule has 19 aromatic rings. The molecular formula is C85H52N6. The van der Waals surface area contributed by atoms with E-state index in [0.29, 0.717) is 5.56 Å². The molecule has 0 unspecified atom stereocenters. The Labute approximate surface area is 523 Å². The van der Waals surface area contributed by atoms with Gasteiger partial charge in [0, 0.05) is 87.6 Å². The van der Waals surface area contributed by atoms with Gasteiger partial charge in [-0.05, 0) is 114 Å². The van der Waals surface area contributed by atoms with Crippen molar-refractivity contribution in [2.24, 2.45) is 0 Å². The van der Waals surface area contributed by atoms with Crippen LogP contribution in [-0.4, -0.2) is 22.8 Å². The molecule has 91 heavy (non-hydrogen) atoms. The molecule has 0 radical (unpaired) electrons. The fourth-order valence-electron chi connectivity index (χ4n) is 15.4. The SMILES string of the molecule is N#Cc1c(-c2ccc(-n3c4ccccc4c4ccccc43)cc2)c(-n2c3ccccc3c3ccccc32)c(-c2ccc(-n3c4ccccc4c4ccccc43)cc2)c(-n2c3ccccc3c3ccccc32)c1-c1ccc(-n2c3ccccc3c3ccccc32)cc1. The van der Waals surface area contributed by atoms with E-state index in [1.165, 1.54) is 32.3 Å². The summed E-state index contributed by atoms with van der Waals surface area (Å²) in [7, 11) is 0. The summed E-state index contributed by atoms with van der Waals surface area (Å²) in [5, 5.41) is 24.5. The standard InChI is InChI=1S/C85H52N6/c86-53-70-81(54-41-47-57(48-42-54)87-71-31-11-1-21-60(71)61-22-2-12-32-72(61)87)84(90-77-37-17-7-27-66(77)67-28-8-18-38-78(67)90)83(56-45-51-59(52-46-56)89-75-35-15-5-25-64(75)65-26-6-16-36-76(65)89)85(91-79-39-19-9-29-68(79)69-30-10-20-40-80(69)91)82(70)55-43-49-58(50-44-55)88-73-33-13-3-23-62(73)63-24-4-14-34-74(63)88/h1-52H. The van der Waals surface area contributed by atoms with Crippen LogP contribution in [0.5, 0.6) is 0 Å². The van der Waals surface area contributed by atoms with Gasteiger partial charge in [-0.25, -0.2) is 0 Å². The lowest BCUT2D eigenvalue weighted by Gasteiger charge is -2.28. The molecule has 0 saturated carbocycles. The normalized spacial score (nSPS) is 11.9. The summed E-state index contributed by atoms with van der Waals surface area (Å²) in [5.74, 6) is 0. The van der Waals surface area contributed by atoms with Crippen LogP contribution in [0.3, 0.4) is 0 Å². The molecule has 0 atom stereocenters. The molecule has 0 aliphatic carbocycles. The summed E-state index contributed by atoms with van der Waals surface area (Å²) in [6.07, 6.45) is 0. The van der Waals surface area contributed by atoms with Crippen LogP contribution in [0, 0.1) is 11.3 Å². The second kappa shape index (κ2) is 19.8. The van der Waals surface area contributed by atoms with E-state index in [0.717, 1.165) is 139 Å². The Kier molecular flexibility index (Phi) is 11.0. The Morgan fingerprint density at radius 1 is 0.187 bits per heavy atom. The number of rotatable bonds is 8. The van der Waals surface area contributed by atoms with Crippen molar-refractivity contribution < 1.29 is 0 Å². The second-order valence-electron chi connectivity index (χ2n) is 23.8. The highest BCUT2D eigenvalue weighted by atomic mass is 15.0. The van der Waals surface area contributed by atoms with Crippen LogP contribution in [0.1, 0.15) is 5.56 Å². The van der Waals surface area contributed by atoms with E-state index >= 15 is 0 Å².